The summed E-state index contributed by atoms with van der Waals surface area (Å²) in [6, 6.07) is 0. The van der Waals surface area contributed by atoms with Gasteiger partial charge in [0.15, 0.2) is 23.5 Å². The smallest absolute Gasteiger partial charge is 0.385 e. The van der Waals surface area contributed by atoms with Crippen LogP contribution in [0, 0.1) is 0 Å². The van der Waals surface area contributed by atoms with Crippen molar-refractivity contribution < 1.29 is 23.8 Å². The zero-order chi connectivity index (χ0) is 15.5. The van der Waals surface area contributed by atoms with Gasteiger partial charge in [0, 0.05) is 0 Å². The number of ether oxygens (including phenoxy) is 1. The Morgan fingerprint density at radius 2 is 2.32 bits per heavy atom. The Hall–Kier alpha value is -1.36. The summed E-state index contributed by atoms with van der Waals surface area (Å²) < 4.78 is 17.3. The molecule has 4 heterocycles. The third-order valence-corrected chi connectivity index (χ3v) is 4.71. The van der Waals surface area contributed by atoms with Crippen molar-refractivity contribution in [2.45, 2.75) is 24.5 Å². The number of nitrogens with zero attached hydrogens (tertiary/aromatic N) is 3. The number of fused-ring (bicyclic) bond motifs is 2. The van der Waals surface area contributed by atoms with Gasteiger partial charge in [0.05, 0.1) is 12.7 Å². The van der Waals surface area contributed by atoms with Gasteiger partial charge in [-0.3, -0.25) is 9.36 Å². The van der Waals surface area contributed by atoms with E-state index in [1.807, 2.05) is 0 Å². The topological polar surface area (TPSA) is 132 Å². The minimum absolute atomic E-state index is 0.000351. The molecule has 0 aliphatic carbocycles. The van der Waals surface area contributed by atoms with Gasteiger partial charge in [0.2, 0.25) is 0 Å². The predicted molar refractivity (Wildman–Crippen MR) is 73.8 cm³/mol. The molecular weight excluding hydrogens is 314 g/mol. The fourth-order valence-corrected chi connectivity index (χ4v) is 3.68. The Balaban J connectivity index is 1.71. The summed E-state index contributed by atoms with van der Waals surface area (Å²) in [5, 5.41) is 10.4. The van der Waals surface area contributed by atoms with Crippen molar-refractivity contribution in [2.24, 2.45) is 0 Å². The number of hydrogen-bond donors (Lipinski definition) is 3. The molecule has 114 valence electrons. The highest BCUT2D eigenvalue weighted by Crippen LogP contribution is 2.58. The fourth-order valence-electron chi connectivity index (χ4n) is 2.65. The lowest BCUT2D eigenvalue weighted by atomic mass is 10.1. The van der Waals surface area contributed by atoms with E-state index in [4.69, 9.17) is 21.4 Å². The van der Waals surface area contributed by atoms with Crippen LogP contribution in [-0.2, 0) is 13.8 Å². The van der Waals surface area contributed by atoms with Crippen molar-refractivity contribution in [3.8, 4) is 0 Å². The van der Waals surface area contributed by atoms with Gasteiger partial charge in [-0.2, -0.15) is 9.05 Å². The molecule has 2 saturated heterocycles. The van der Waals surface area contributed by atoms with Gasteiger partial charge in [0.25, 0.3) is 5.56 Å². The summed E-state index contributed by atoms with van der Waals surface area (Å²) in [5.41, 5.74) is 0.00818. The van der Waals surface area contributed by atoms with Crippen LogP contribution in [-0.4, -0.2) is 62.0 Å². The molecule has 2 aliphatic rings. The van der Waals surface area contributed by atoms with E-state index >= 15 is 0 Å². The normalized spacial score (nSPS) is 38.3. The lowest BCUT2D eigenvalue weighted by molar-refractivity contribution is -0.0603. The zero-order valence-electron chi connectivity index (χ0n) is 11.1. The van der Waals surface area contributed by atoms with Crippen molar-refractivity contribution >= 4 is 26.6 Å². The number of aromatic amines is 1. The number of aliphatic hydroxyl groups is 1. The molecule has 0 bridgehead atoms. The highest BCUT2D eigenvalue weighted by atomic mass is 31.2. The predicted octanol–water partition coefficient (Wildman–Crippen LogP) is -1.37. The average Bonchev–Trinajstić information content (AvgIpc) is 3.01. The van der Waals surface area contributed by atoms with Crippen LogP contribution in [0.25, 0.3) is 11.2 Å². The third kappa shape index (κ3) is 2.09. The van der Waals surface area contributed by atoms with Gasteiger partial charge in [0.1, 0.15) is 18.8 Å². The largest absolute Gasteiger partial charge is 0.488 e. The molecule has 2 aromatic rings. The lowest BCUT2D eigenvalue weighted by Crippen LogP contribution is -2.40. The van der Waals surface area contributed by atoms with Gasteiger partial charge < -0.3 is 14.8 Å². The van der Waals surface area contributed by atoms with E-state index in [0.717, 1.165) is 0 Å². The molecule has 0 amide bonds. The van der Waals surface area contributed by atoms with E-state index in [2.05, 4.69) is 15.0 Å². The number of aliphatic hydroxyl groups excluding tert-OH is 1. The Morgan fingerprint density at radius 3 is 3.14 bits per heavy atom. The number of nitrogens with one attached hydrogen (secondary N) is 1. The molecule has 0 saturated carbocycles. The van der Waals surface area contributed by atoms with Crippen LogP contribution in [0.1, 0.15) is 6.23 Å². The Bertz CT molecular complexity index is 780. The van der Waals surface area contributed by atoms with Gasteiger partial charge in [-0.25, -0.2) is 14.9 Å². The molecule has 0 aromatic carbocycles. The van der Waals surface area contributed by atoms with E-state index in [9.17, 15) is 14.8 Å². The molecule has 2 radical (unpaired) electrons. The van der Waals surface area contributed by atoms with Gasteiger partial charge in [-0.15, -0.1) is 0 Å². The second-order valence-electron chi connectivity index (χ2n) is 5.04. The summed E-state index contributed by atoms with van der Waals surface area (Å²) in [6.45, 7) is -0.000351. The van der Waals surface area contributed by atoms with Crippen LogP contribution in [0.2, 0.25) is 0 Å². The Morgan fingerprint density at radius 1 is 1.50 bits per heavy atom. The van der Waals surface area contributed by atoms with Crippen LogP contribution in [0.3, 0.4) is 0 Å². The molecule has 12 heteroatoms. The summed E-state index contributed by atoms with van der Waals surface area (Å²) in [4.78, 5) is 31.8. The molecule has 3 N–H and O–H groups in total. The fraction of sp³-hybridized carbons (Fsp3) is 0.500. The number of rotatable bonds is 1. The first-order chi connectivity index (χ1) is 10.5. The maximum Gasteiger partial charge on any atom is 0.488 e. The third-order valence-electron chi connectivity index (χ3n) is 3.65. The van der Waals surface area contributed by atoms with Crippen LogP contribution < -0.4 is 5.56 Å². The molecule has 2 fully saturated rings. The molecular formula is C10H11BN4O6P+. The van der Waals surface area contributed by atoms with E-state index in [1.54, 1.807) is 0 Å². The molecule has 0 spiro atoms. The van der Waals surface area contributed by atoms with Crippen molar-refractivity contribution in [3.05, 3.63) is 23.0 Å². The van der Waals surface area contributed by atoms with E-state index in [1.165, 1.54) is 17.2 Å². The second-order valence-corrected chi connectivity index (χ2v) is 6.64. The molecule has 22 heavy (non-hydrogen) atoms. The summed E-state index contributed by atoms with van der Waals surface area (Å²) in [7, 11) is 2.01. The van der Waals surface area contributed by atoms with E-state index in [-0.39, 0.29) is 17.8 Å². The average molecular weight is 325 g/mol. The van der Waals surface area contributed by atoms with Crippen LogP contribution >= 0.6 is 7.82 Å². The quantitative estimate of drug-likeness (QED) is 0.432. The lowest BCUT2D eigenvalue weighted by Gasteiger charge is -2.27. The highest BCUT2D eigenvalue weighted by molar-refractivity contribution is 7.85. The standard InChI is InChI=1S/C10H11BN4O6P/c11-22(18)19-1-4-7(21-22)6(16)10(20-4)15-3-14-5-8(15)12-2-13-9(5)17/h2-4,6-7,10,16,18H,1H2,(H,12,13,17)/q+1/t4-,6-,7-,10-,22?/m1/s1. The van der Waals surface area contributed by atoms with Crippen molar-refractivity contribution in [1.82, 2.24) is 19.5 Å². The number of aromatic nitrogens is 4. The van der Waals surface area contributed by atoms with E-state index in [0.29, 0.717) is 0 Å². The first-order valence-electron chi connectivity index (χ1n) is 6.43. The van der Waals surface area contributed by atoms with Crippen LogP contribution in [0.5, 0.6) is 0 Å². The van der Waals surface area contributed by atoms with Crippen LogP contribution in [0.15, 0.2) is 17.4 Å². The van der Waals surface area contributed by atoms with Gasteiger partial charge in [-0.1, -0.05) is 0 Å². The first kappa shape index (κ1) is 14.3. The maximum absolute atomic E-state index is 11.7. The van der Waals surface area contributed by atoms with Crippen molar-refractivity contribution in [2.75, 3.05) is 6.61 Å². The molecule has 4 rings (SSSR count). The van der Waals surface area contributed by atoms with Crippen molar-refractivity contribution in [1.29, 1.82) is 0 Å². The molecule has 2 aromatic heterocycles. The first-order valence-corrected chi connectivity index (χ1v) is 8.08. The molecule has 5 atom stereocenters. The molecule has 2 aliphatic heterocycles. The number of H-pyrrole nitrogens is 1. The Labute approximate surface area is 125 Å². The number of imidazole rings is 1. The monoisotopic (exact) mass is 325 g/mol. The Kier molecular flexibility index (Phi) is 3.12. The summed E-state index contributed by atoms with van der Waals surface area (Å²) in [6.07, 6.45) is -0.840. The SMILES string of the molecule is [B][P+]1(O)OC[C@H]2O[C@@H](n3cnc4c(=O)[nH]cnc43)[C@H](O)[C@@H]2O1. The van der Waals surface area contributed by atoms with Gasteiger partial charge in [-0.05, 0) is 0 Å². The number of hydrogen-bond acceptors (Lipinski definition) is 8. The van der Waals surface area contributed by atoms with Gasteiger partial charge >= 0.3 is 15.4 Å². The van der Waals surface area contributed by atoms with Crippen molar-refractivity contribution in [3.63, 3.8) is 0 Å². The zero-order valence-corrected chi connectivity index (χ0v) is 12.0. The second kappa shape index (κ2) is 4.82. The van der Waals surface area contributed by atoms with Crippen LogP contribution in [0.4, 0.5) is 0 Å². The highest BCUT2D eigenvalue weighted by Gasteiger charge is 2.56. The van der Waals surface area contributed by atoms with E-state index < -0.39 is 37.9 Å². The minimum Gasteiger partial charge on any atom is -0.385 e. The molecule has 10 nitrogen and oxygen atoms in total. The minimum atomic E-state index is -3.44. The summed E-state index contributed by atoms with van der Waals surface area (Å²) in [5.74, 6) is 0. The maximum atomic E-state index is 11.7. The molecule has 1 unspecified atom stereocenters. The summed E-state index contributed by atoms with van der Waals surface area (Å²) >= 11 is 0.